The molecule has 0 unspecified atom stereocenters. The summed E-state index contributed by atoms with van der Waals surface area (Å²) in [5.41, 5.74) is 0. The predicted molar refractivity (Wildman–Crippen MR) is 98.6 cm³/mol. The summed E-state index contributed by atoms with van der Waals surface area (Å²) in [6.07, 6.45) is 4.84. The minimum absolute atomic E-state index is 0.131. The molecule has 0 spiro atoms. The van der Waals surface area contributed by atoms with Crippen LogP contribution in [0.25, 0.3) is 0 Å². The number of sulfonamides is 1. The summed E-state index contributed by atoms with van der Waals surface area (Å²) in [7, 11) is -1.62. The molecule has 2 saturated heterocycles. The van der Waals surface area contributed by atoms with Crippen LogP contribution in [0.5, 0.6) is 0 Å². The molecule has 2 fully saturated rings. The highest BCUT2D eigenvalue weighted by atomic mass is 32.2. The van der Waals surface area contributed by atoms with E-state index >= 15 is 0 Å². The van der Waals surface area contributed by atoms with Crippen molar-refractivity contribution >= 4 is 15.9 Å². The Labute approximate surface area is 155 Å². The number of furan rings is 1. The van der Waals surface area contributed by atoms with Gasteiger partial charge in [-0.2, -0.15) is 4.31 Å². The predicted octanol–water partition coefficient (Wildman–Crippen LogP) is 1.83. The lowest BCUT2D eigenvalue weighted by molar-refractivity contribution is 0.0653. The molecule has 0 bridgehead atoms. The fraction of sp³-hybridized carbons (Fsp3) is 0.722. The van der Waals surface area contributed by atoms with Crippen molar-refractivity contribution in [3.8, 4) is 0 Å². The van der Waals surface area contributed by atoms with Crippen LogP contribution in [0.15, 0.2) is 15.4 Å². The Morgan fingerprint density at radius 2 is 1.88 bits per heavy atom. The maximum atomic E-state index is 12.7. The number of amides is 1. The second-order valence-corrected chi connectivity index (χ2v) is 9.18. The van der Waals surface area contributed by atoms with Crippen LogP contribution in [0.4, 0.5) is 0 Å². The molecule has 0 saturated carbocycles. The molecule has 2 aliphatic heterocycles. The highest BCUT2D eigenvalue weighted by Crippen LogP contribution is 2.28. The van der Waals surface area contributed by atoms with Crippen molar-refractivity contribution in [1.29, 1.82) is 0 Å². The normalized spacial score (nSPS) is 20.0. The third kappa shape index (κ3) is 3.97. The van der Waals surface area contributed by atoms with Gasteiger partial charge in [0.05, 0.1) is 0 Å². The zero-order valence-electron chi connectivity index (χ0n) is 15.7. The van der Waals surface area contributed by atoms with Gasteiger partial charge in [-0.15, -0.1) is 0 Å². The Balaban J connectivity index is 1.68. The molecule has 1 aromatic rings. The van der Waals surface area contributed by atoms with Crippen LogP contribution in [0, 0.1) is 12.8 Å². The van der Waals surface area contributed by atoms with Gasteiger partial charge < -0.3 is 14.6 Å². The van der Waals surface area contributed by atoms with E-state index in [9.17, 15) is 13.2 Å². The smallest absolute Gasteiger partial charge is 0.289 e. The highest BCUT2D eigenvalue weighted by Gasteiger charge is 2.33. The van der Waals surface area contributed by atoms with Crippen LogP contribution in [-0.4, -0.2) is 63.3 Å². The quantitative estimate of drug-likeness (QED) is 0.810. The molecular formula is C18H29N3O4S. The third-order valence-corrected chi connectivity index (χ3v) is 7.48. The van der Waals surface area contributed by atoms with E-state index in [0.29, 0.717) is 37.9 Å². The van der Waals surface area contributed by atoms with Crippen molar-refractivity contribution in [2.45, 2.75) is 43.9 Å². The van der Waals surface area contributed by atoms with Crippen molar-refractivity contribution in [2.75, 3.05) is 39.8 Å². The first kappa shape index (κ1) is 19.4. The number of hydrogen-bond acceptors (Lipinski definition) is 5. The summed E-state index contributed by atoms with van der Waals surface area (Å²) in [6, 6.07) is 1.42. The molecule has 0 aromatic carbocycles. The van der Waals surface area contributed by atoms with Gasteiger partial charge in [0.1, 0.15) is 10.7 Å². The topological polar surface area (TPSA) is 82.9 Å². The minimum atomic E-state index is -3.57. The Morgan fingerprint density at radius 3 is 2.50 bits per heavy atom. The number of carbonyl (C=O) groups is 1. The van der Waals surface area contributed by atoms with Gasteiger partial charge in [-0.05, 0) is 58.5 Å². The molecule has 1 aromatic heterocycles. The second kappa shape index (κ2) is 8.10. The number of rotatable bonds is 6. The first-order valence-corrected chi connectivity index (χ1v) is 10.9. The number of carbonyl (C=O) groups excluding carboxylic acids is 1. The maximum absolute atomic E-state index is 12.7. The molecule has 0 radical (unpaired) electrons. The van der Waals surface area contributed by atoms with E-state index in [-0.39, 0.29) is 16.6 Å². The summed E-state index contributed by atoms with van der Waals surface area (Å²) in [5.74, 6) is 0.858. The molecule has 3 rings (SSSR count). The van der Waals surface area contributed by atoms with E-state index in [4.69, 9.17) is 4.42 Å². The molecule has 0 atom stereocenters. The lowest BCUT2D eigenvalue weighted by Crippen LogP contribution is -2.38. The lowest BCUT2D eigenvalue weighted by atomic mass is 9.93. The summed E-state index contributed by atoms with van der Waals surface area (Å²) < 4.78 is 32.5. The molecule has 1 N–H and O–H groups in total. The van der Waals surface area contributed by atoms with Crippen LogP contribution >= 0.6 is 0 Å². The zero-order chi connectivity index (χ0) is 18.7. The SMILES string of the molecule is CNCCC1CCN(C(=O)c2cc(S(=O)(=O)N3CCCC3)c(C)o2)CC1. The molecule has 8 heteroatoms. The van der Waals surface area contributed by atoms with Gasteiger partial charge in [-0.25, -0.2) is 8.42 Å². The second-order valence-electron chi connectivity index (χ2n) is 7.27. The molecule has 0 aliphatic carbocycles. The highest BCUT2D eigenvalue weighted by molar-refractivity contribution is 7.89. The first-order valence-electron chi connectivity index (χ1n) is 9.48. The Hall–Kier alpha value is -1.38. The minimum Gasteiger partial charge on any atom is -0.455 e. The van der Waals surface area contributed by atoms with Gasteiger partial charge in [-0.1, -0.05) is 0 Å². The fourth-order valence-corrected chi connectivity index (χ4v) is 5.50. The van der Waals surface area contributed by atoms with Gasteiger partial charge in [0, 0.05) is 32.2 Å². The van der Waals surface area contributed by atoms with E-state index in [1.54, 1.807) is 11.8 Å². The largest absolute Gasteiger partial charge is 0.455 e. The summed E-state index contributed by atoms with van der Waals surface area (Å²) in [6.45, 7) is 5.08. The molecule has 1 amide bonds. The van der Waals surface area contributed by atoms with E-state index in [1.165, 1.54) is 10.4 Å². The van der Waals surface area contributed by atoms with Gasteiger partial charge >= 0.3 is 0 Å². The maximum Gasteiger partial charge on any atom is 0.289 e. The van der Waals surface area contributed by atoms with Crippen LogP contribution in [0.2, 0.25) is 0 Å². The Bertz CT molecular complexity index is 730. The Kier molecular flexibility index (Phi) is 6.04. The fourth-order valence-electron chi connectivity index (χ4n) is 3.82. The van der Waals surface area contributed by atoms with Crippen LogP contribution in [0.3, 0.4) is 0 Å². The van der Waals surface area contributed by atoms with Crippen molar-refractivity contribution in [1.82, 2.24) is 14.5 Å². The monoisotopic (exact) mass is 383 g/mol. The van der Waals surface area contributed by atoms with Crippen molar-refractivity contribution in [2.24, 2.45) is 5.92 Å². The van der Waals surface area contributed by atoms with Crippen molar-refractivity contribution in [3.63, 3.8) is 0 Å². The molecule has 2 aliphatic rings. The van der Waals surface area contributed by atoms with Gasteiger partial charge in [-0.3, -0.25) is 4.79 Å². The van der Waals surface area contributed by atoms with Crippen molar-refractivity contribution in [3.05, 3.63) is 17.6 Å². The number of hydrogen-bond donors (Lipinski definition) is 1. The average Bonchev–Trinajstić information content (AvgIpc) is 3.30. The number of aryl methyl sites for hydroxylation is 1. The van der Waals surface area contributed by atoms with Crippen LogP contribution in [0.1, 0.15) is 48.4 Å². The van der Waals surface area contributed by atoms with E-state index in [2.05, 4.69) is 5.32 Å². The number of likely N-dealkylation sites (tertiary alicyclic amines) is 1. The average molecular weight is 384 g/mol. The van der Waals surface area contributed by atoms with Crippen molar-refractivity contribution < 1.29 is 17.6 Å². The molecule has 26 heavy (non-hydrogen) atoms. The lowest BCUT2D eigenvalue weighted by Gasteiger charge is -2.31. The van der Waals surface area contributed by atoms with E-state index in [0.717, 1.165) is 38.6 Å². The molecule has 7 nitrogen and oxygen atoms in total. The first-order chi connectivity index (χ1) is 12.4. The van der Waals surface area contributed by atoms with E-state index < -0.39 is 10.0 Å². The molecule has 3 heterocycles. The van der Waals surface area contributed by atoms with Gasteiger partial charge in [0.2, 0.25) is 10.0 Å². The van der Waals surface area contributed by atoms with Gasteiger partial charge in [0.15, 0.2) is 5.76 Å². The number of piperidine rings is 1. The Morgan fingerprint density at radius 1 is 1.23 bits per heavy atom. The molecular weight excluding hydrogens is 354 g/mol. The summed E-state index contributed by atoms with van der Waals surface area (Å²) in [5, 5.41) is 3.16. The number of nitrogens with zero attached hydrogens (tertiary/aromatic N) is 2. The molecule has 146 valence electrons. The third-order valence-electron chi connectivity index (χ3n) is 5.47. The number of nitrogens with one attached hydrogen (secondary N) is 1. The standard InChI is InChI=1S/C18H29N3O4S/c1-14-17(26(23,24)21-9-3-4-10-21)13-16(25-14)18(22)20-11-6-15(7-12-20)5-8-19-2/h13,15,19H,3-12H2,1-2H3. The van der Waals surface area contributed by atoms with Crippen LogP contribution in [-0.2, 0) is 10.0 Å². The van der Waals surface area contributed by atoms with Crippen LogP contribution < -0.4 is 5.32 Å². The zero-order valence-corrected chi connectivity index (χ0v) is 16.5. The summed E-state index contributed by atoms with van der Waals surface area (Å²) in [4.78, 5) is 14.7. The summed E-state index contributed by atoms with van der Waals surface area (Å²) >= 11 is 0. The van der Waals surface area contributed by atoms with E-state index in [1.807, 2.05) is 7.05 Å². The van der Waals surface area contributed by atoms with Gasteiger partial charge in [0.25, 0.3) is 5.91 Å².